The first-order valence-electron chi connectivity index (χ1n) is 8.55. The molecule has 0 bridgehead atoms. The van der Waals surface area contributed by atoms with E-state index in [9.17, 15) is 13.8 Å². The molecular weight excluding hydrogens is 374 g/mol. The van der Waals surface area contributed by atoms with Crippen LogP contribution in [0, 0.1) is 0 Å². The van der Waals surface area contributed by atoms with E-state index in [1.807, 2.05) is 18.2 Å². The summed E-state index contributed by atoms with van der Waals surface area (Å²) in [5, 5.41) is 5.67. The first kappa shape index (κ1) is 19.4. The van der Waals surface area contributed by atoms with Gasteiger partial charge in [0.15, 0.2) is 0 Å². The molecule has 2 N–H and O–H groups in total. The number of anilines is 1. The van der Waals surface area contributed by atoms with Gasteiger partial charge in [-0.25, -0.2) is 0 Å². The molecule has 0 radical (unpaired) electrons. The summed E-state index contributed by atoms with van der Waals surface area (Å²) in [6.07, 6.45) is 4.71. The number of nitrogens with zero attached hydrogens (tertiary/aromatic N) is 1. The Bertz CT molecular complexity index is 1000. The molecule has 0 spiro atoms. The van der Waals surface area contributed by atoms with Gasteiger partial charge < -0.3 is 10.6 Å². The Morgan fingerprint density at radius 2 is 1.61 bits per heavy atom. The molecule has 6 nitrogen and oxygen atoms in total. The molecule has 3 aromatic rings. The van der Waals surface area contributed by atoms with E-state index >= 15 is 0 Å². The van der Waals surface area contributed by atoms with Crippen molar-refractivity contribution in [3.63, 3.8) is 0 Å². The first-order valence-corrected chi connectivity index (χ1v) is 10.1. The van der Waals surface area contributed by atoms with Crippen molar-refractivity contribution in [2.24, 2.45) is 0 Å². The highest BCUT2D eigenvalue weighted by atomic mass is 32.2. The van der Waals surface area contributed by atoms with Crippen molar-refractivity contribution in [2.75, 3.05) is 11.6 Å². The van der Waals surface area contributed by atoms with E-state index in [-0.39, 0.29) is 11.8 Å². The van der Waals surface area contributed by atoms with Crippen LogP contribution in [0.5, 0.6) is 0 Å². The van der Waals surface area contributed by atoms with Gasteiger partial charge in [0.05, 0.1) is 0 Å². The van der Waals surface area contributed by atoms with Crippen molar-refractivity contribution in [3.8, 4) is 0 Å². The van der Waals surface area contributed by atoms with Crippen molar-refractivity contribution in [1.82, 2.24) is 10.3 Å². The maximum Gasteiger partial charge on any atom is 0.255 e. The van der Waals surface area contributed by atoms with Gasteiger partial charge in [0.1, 0.15) is 0 Å². The summed E-state index contributed by atoms with van der Waals surface area (Å²) in [7, 11) is -1.08. The Labute approximate surface area is 165 Å². The van der Waals surface area contributed by atoms with Gasteiger partial charge in [-0.2, -0.15) is 0 Å². The molecule has 142 valence electrons. The maximum atomic E-state index is 12.3. The average Bonchev–Trinajstić information content (AvgIpc) is 2.73. The van der Waals surface area contributed by atoms with E-state index in [1.54, 1.807) is 61.1 Å². The quantitative estimate of drug-likeness (QED) is 0.674. The second kappa shape index (κ2) is 9.05. The number of rotatable bonds is 6. The minimum atomic E-state index is -1.08. The zero-order valence-corrected chi connectivity index (χ0v) is 16.0. The lowest BCUT2D eigenvalue weighted by Gasteiger charge is -2.09. The van der Waals surface area contributed by atoms with Crippen LogP contribution in [0.4, 0.5) is 5.69 Å². The molecule has 1 atom stereocenters. The predicted molar refractivity (Wildman–Crippen MR) is 109 cm³/mol. The van der Waals surface area contributed by atoms with E-state index < -0.39 is 10.8 Å². The molecular formula is C21H19N3O3S. The molecule has 2 amide bonds. The highest BCUT2D eigenvalue weighted by molar-refractivity contribution is 7.84. The second-order valence-electron chi connectivity index (χ2n) is 6.05. The normalized spacial score (nSPS) is 11.5. The molecule has 1 aromatic heterocycles. The minimum absolute atomic E-state index is 0.223. The van der Waals surface area contributed by atoms with Crippen molar-refractivity contribution in [3.05, 3.63) is 89.7 Å². The van der Waals surface area contributed by atoms with Gasteiger partial charge in [0.2, 0.25) is 0 Å². The summed E-state index contributed by atoms with van der Waals surface area (Å²) in [5.41, 5.74) is 2.51. The summed E-state index contributed by atoms with van der Waals surface area (Å²) in [5.74, 6) is -0.448. The second-order valence-corrected chi connectivity index (χ2v) is 7.43. The van der Waals surface area contributed by atoms with Crippen LogP contribution >= 0.6 is 0 Å². The number of hydrogen-bond donors (Lipinski definition) is 2. The fourth-order valence-corrected chi connectivity index (χ4v) is 3.07. The number of pyridine rings is 1. The van der Waals surface area contributed by atoms with Gasteiger partial charge in [-0.05, 0) is 54.1 Å². The number of carbonyl (C=O) groups excluding carboxylic acids is 2. The molecule has 0 aliphatic carbocycles. The lowest BCUT2D eigenvalue weighted by Crippen LogP contribution is -2.22. The zero-order chi connectivity index (χ0) is 19.9. The SMILES string of the molecule is C[S@](=O)c1ccc(C(=O)NCc2cccc(NC(=O)c3ccncc3)c2)cc1. The van der Waals surface area contributed by atoms with Gasteiger partial charge >= 0.3 is 0 Å². The maximum absolute atomic E-state index is 12.3. The van der Waals surface area contributed by atoms with Crippen molar-refractivity contribution in [2.45, 2.75) is 11.4 Å². The third-order valence-electron chi connectivity index (χ3n) is 4.03. The fraction of sp³-hybridized carbons (Fsp3) is 0.0952. The molecule has 0 saturated carbocycles. The summed E-state index contributed by atoms with van der Waals surface area (Å²) < 4.78 is 11.4. The molecule has 0 aliphatic heterocycles. The third kappa shape index (κ3) is 5.11. The zero-order valence-electron chi connectivity index (χ0n) is 15.2. The van der Waals surface area contributed by atoms with Crippen LogP contribution in [0.15, 0.2) is 78.0 Å². The molecule has 28 heavy (non-hydrogen) atoms. The monoisotopic (exact) mass is 393 g/mol. The summed E-state index contributed by atoms with van der Waals surface area (Å²) in [6.45, 7) is 0.319. The van der Waals surface area contributed by atoms with Gasteiger partial charge in [0.25, 0.3) is 11.8 Å². The van der Waals surface area contributed by atoms with Gasteiger partial charge in [-0.3, -0.25) is 18.8 Å². The Morgan fingerprint density at radius 3 is 2.29 bits per heavy atom. The number of aromatic nitrogens is 1. The highest BCUT2D eigenvalue weighted by Gasteiger charge is 2.08. The minimum Gasteiger partial charge on any atom is -0.348 e. The summed E-state index contributed by atoms with van der Waals surface area (Å²) in [6, 6.07) is 17.2. The lowest BCUT2D eigenvalue weighted by atomic mass is 10.1. The van der Waals surface area contributed by atoms with Gasteiger partial charge in [-0.1, -0.05) is 12.1 Å². The van der Waals surface area contributed by atoms with E-state index in [0.29, 0.717) is 28.3 Å². The van der Waals surface area contributed by atoms with Gasteiger partial charge in [-0.15, -0.1) is 0 Å². The van der Waals surface area contributed by atoms with E-state index in [1.165, 1.54) is 0 Å². The standard InChI is InChI=1S/C21H19N3O3S/c1-28(27)19-7-5-16(6-8-19)20(25)23-14-15-3-2-4-18(13-15)24-21(26)17-9-11-22-12-10-17/h2-13H,14H2,1H3,(H,23,25)(H,24,26)/t28-/m0/s1. The number of hydrogen-bond acceptors (Lipinski definition) is 4. The number of benzene rings is 2. The topological polar surface area (TPSA) is 88.2 Å². The molecule has 0 fully saturated rings. The molecule has 2 aromatic carbocycles. The molecule has 0 unspecified atom stereocenters. The Hall–Kier alpha value is -3.32. The van der Waals surface area contributed by atoms with Crippen LogP contribution < -0.4 is 10.6 Å². The lowest BCUT2D eigenvalue weighted by molar-refractivity contribution is 0.0950. The van der Waals surface area contributed by atoms with Crippen molar-refractivity contribution in [1.29, 1.82) is 0 Å². The first-order chi connectivity index (χ1) is 13.5. The average molecular weight is 393 g/mol. The molecule has 3 rings (SSSR count). The molecule has 1 heterocycles. The Balaban J connectivity index is 1.60. The number of nitrogens with one attached hydrogen (secondary N) is 2. The summed E-state index contributed by atoms with van der Waals surface area (Å²) >= 11 is 0. The van der Waals surface area contributed by atoms with Gasteiger partial charge in [0, 0.05) is 57.7 Å². The van der Waals surface area contributed by atoms with Crippen LogP contribution in [0.3, 0.4) is 0 Å². The molecule has 7 heteroatoms. The van der Waals surface area contributed by atoms with Crippen LogP contribution in [-0.2, 0) is 17.3 Å². The van der Waals surface area contributed by atoms with E-state index in [4.69, 9.17) is 0 Å². The molecule has 0 aliphatic rings. The Kier molecular flexibility index (Phi) is 6.29. The largest absolute Gasteiger partial charge is 0.348 e. The predicted octanol–water partition coefficient (Wildman–Crippen LogP) is 3.00. The number of amides is 2. The third-order valence-corrected chi connectivity index (χ3v) is 4.96. The van der Waals surface area contributed by atoms with Crippen LogP contribution in [-0.4, -0.2) is 27.3 Å². The highest BCUT2D eigenvalue weighted by Crippen LogP contribution is 2.13. The van der Waals surface area contributed by atoms with Crippen LogP contribution in [0.1, 0.15) is 26.3 Å². The van der Waals surface area contributed by atoms with E-state index in [2.05, 4.69) is 15.6 Å². The number of carbonyl (C=O) groups is 2. The van der Waals surface area contributed by atoms with E-state index in [0.717, 1.165) is 5.56 Å². The smallest absolute Gasteiger partial charge is 0.255 e. The van der Waals surface area contributed by atoms with Crippen LogP contribution in [0.25, 0.3) is 0 Å². The molecule has 0 saturated heterocycles. The fourth-order valence-electron chi connectivity index (χ4n) is 2.55. The van der Waals surface area contributed by atoms with Crippen molar-refractivity contribution >= 4 is 28.3 Å². The Morgan fingerprint density at radius 1 is 0.929 bits per heavy atom. The van der Waals surface area contributed by atoms with Crippen LogP contribution in [0.2, 0.25) is 0 Å². The summed E-state index contributed by atoms with van der Waals surface area (Å²) in [4.78, 5) is 29.1. The van der Waals surface area contributed by atoms with Crippen molar-refractivity contribution < 1.29 is 13.8 Å².